The highest BCUT2D eigenvalue weighted by Crippen LogP contribution is 2.45. The third-order valence-corrected chi connectivity index (χ3v) is 9.41. The number of aromatic nitrogens is 2. The van der Waals surface area contributed by atoms with Gasteiger partial charge in [0.25, 0.3) is 5.78 Å². The number of thioether (sulfide) groups is 1. The molecule has 0 unspecified atom stereocenters. The zero-order valence-corrected chi connectivity index (χ0v) is 26.2. The van der Waals surface area contributed by atoms with E-state index in [-0.39, 0.29) is 22.3 Å². The summed E-state index contributed by atoms with van der Waals surface area (Å²) in [4.78, 5) is 28.6. The van der Waals surface area contributed by atoms with Gasteiger partial charge in [-0.2, -0.15) is 0 Å². The van der Waals surface area contributed by atoms with Crippen molar-refractivity contribution in [1.82, 2.24) is 10.2 Å². The number of anilines is 1. The van der Waals surface area contributed by atoms with Gasteiger partial charge < -0.3 is 19.3 Å². The highest BCUT2D eigenvalue weighted by molar-refractivity contribution is 8.00. The number of hydrogen-bond acceptors (Lipinski definition) is 10. The summed E-state index contributed by atoms with van der Waals surface area (Å²) < 4.78 is 31.9. The number of Topliss-reactive ketones (excluding diaryl/α,β-unsaturated/α-hetero) is 1. The molecule has 1 fully saturated rings. The standard InChI is InChI=1S/C33H30FN3O6S2/c1-19(2)12-13-41-23-8-5-7-20(16-23)28-27(29(38)21-10-11-25-26(17-21)43-15-14-42-25)30(39)31(40)37(28)32-35-36-33(45-32)44-18-22-6-3-4-9-24(22)34/h3-11,16-17,19,28,38H,12-15,18H2,1-2H3/t28-/m0/s1. The highest BCUT2D eigenvalue weighted by atomic mass is 32.2. The first-order valence-corrected chi connectivity index (χ1v) is 16.2. The predicted octanol–water partition coefficient (Wildman–Crippen LogP) is 6.79. The van der Waals surface area contributed by atoms with E-state index in [1.54, 1.807) is 60.7 Å². The number of halogens is 1. The number of benzene rings is 3. The minimum Gasteiger partial charge on any atom is -0.507 e. The van der Waals surface area contributed by atoms with Crippen molar-refractivity contribution >= 4 is 45.7 Å². The lowest BCUT2D eigenvalue weighted by molar-refractivity contribution is -0.132. The Kier molecular flexibility index (Phi) is 9.04. The van der Waals surface area contributed by atoms with E-state index in [9.17, 15) is 19.1 Å². The number of hydrogen-bond donors (Lipinski definition) is 1. The lowest BCUT2D eigenvalue weighted by atomic mass is 9.95. The first-order valence-electron chi connectivity index (χ1n) is 14.4. The van der Waals surface area contributed by atoms with Crippen LogP contribution in [0.2, 0.25) is 0 Å². The molecule has 0 bridgehead atoms. The Hall–Kier alpha value is -4.42. The molecule has 6 rings (SSSR count). The normalized spacial score (nSPS) is 17.2. The summed E-state index contributed by atoms with van der Waals surface area (Å²) in [6.45, 7) is 5.46. The van der Waals surface area contributed by atoms with Crippen LogP contribution in [0.4, 0.5) is 9.52 Å². The van der Waals surface area contributed by atoms with Crippen molar-refractivity contribution in [3.05, 3.63) is 94.8 Å². The number of aliphatic hydroxyl groups is 1. The molecule has 1 atom stereocenters. The smallest absolute Gasteiger partial charge is 0.301 e. The second-order valence-electron chi connectivity index (χ2n) is 10.9. The van der Waals surface area contributed by atoms with Crippen LogP contribution in [0.3, 0.4) is 0 Å². The average Bonchev–Trinajstić information content (AvgIpc) is 3.61. The maximum absolute atomic E-state index is 14.2. The number of nitrogens with zero attached hydrogens (tertiary/aromatic N) is 3. The van der Waals surface area contributed by atoms with Crippen molar-refractivity contribution in [3.63, 3.8) is 0 Å². The SMILES string of the molecule is CC(C)CCOc1cccc([C@H]2C(=C(O)c3ccc4c(c3)OCCO4)C(=O)C(=O)N2c2nnc(SCc3ccccc3F)s2)c1. The molecule has 1 amide bonds. The molecule has 9 nitrogen and oxygen atoms in total. The van der Waals surface area contributed by atoms with Crippen LogP contribution in [0.1, 0.15) is 43.0 Å². The number of ether oxygens (including phenoxy) is 3. The molecule has 3 aromatic carbocycles. The highest BCUT2D eigenvalue weighted by Gasteiger charge is 2.48. The van der Waals surface area contributed by atoms with Crippen molar-refractivity contribution in [1.29, 1.82) is 0 Å². The summed E-state index contributed by atoms with van der Waals surface area (Å²) >= 11 is 2.38. The number of carbonyl (C=O) groups excluding carboxylic acids is 2. The zero-order chi connectivity index (χ0) is 31.5. The van der Waals surface area contributed by atoms with E-state index in [0.29, 0.717) is 69.8 Å². The van der Waals surface area contributed by atoms with Gasteiger partial charge in [0, 0.05) is 11.3 Å². The van der Waals surface area contributed by atoms with Crippen LogP contribution in [0.15, 0.2) is 76.6 Å². The molecule has 0 aliphatic carbocycles. The van der Waals surface area contributed by atoms with Crippen LogP contribution in [-0.4, -0.2) is 46.8 Å². The number of carbonyl (C=O) groups is 2. The van der Waals surface area contributed by atoms with Gasteiger partial charge in [-0.15, -0.1) is 10.2 Å². The third kappa shape index (κ3) is 6.52. The monoisotopic (exact) mass is 647 g/mol. The van der Waals surface area contributed by atoms with Crippen molar-refractivity contribution in [2.24, 2.45) is 5.92 Å². The molecule has 12 heteroatoms. The molecule has 1 aromatic heterocycles. The van der Waals surface area contributed by atoms with Crippen molar-refractivity contribution in [2.45, 2.75) is 36.4 Å². The Bertz CT molecular complexity index is 1770. The molecule has 0 spiro atoms. The number of ketones is 1. The quantitative estimate of drug-likeness (QED) is 0.0654. The summed E-state index contributed by atoms with van der Waals surface area (Å²) in [5.74, 6) is -0.124. The molecule has 2 aliphatic heterocycles. The van der Waals surface area contributed by atoms with Gasteiger partial charge in [0.05, 0.1) is 18.2 Å². The molecule has 4 aromatic rings. The van der Waals surface area contributed by atoms with E-state index >= 15 is 0 Å². The summed E-state index contributed by atoms with van der Waals surface area (Å²) in [7, 11) is 0. The molecule has 232 valence electrons. The van der Waals surface area contributed by atoms with Crippen LogP contribution in [0.25, 0.3) is 5.76 Å². The van der Waals surface area contributed by atoms with Crippen LogP contribution in [0.5, 0.6) is 17.2 Å². The Morgan fingerprint density at radius 1 is 1.07 bits per heavy atom. The van der Waals surface area contributed by atoms with Gasteiger partial charge in [0.2, 0.25) is 5.13 Å². The number of rotatable bonds is 10. The number of amides is 1. The Morgan fingerprint density at radius 2 is 1.87 bits per heavy atom. The minimum absolute atomic E-state index is 0.105. The Labute approximate surface area is 267 Å². The van der Waals surface area contributed by atoms with Gasteiger partial charge in [0.15, 0.2) is 15.8 Å². The lowest BCUT2D eigenvalue weighted by Crippen LogP contribution is -2.29. The molecular weight excluding hydrogens is 618 g/mol. The molecule has 3 heterocycles. The largest absolute Gasteiger partial charge is 0.507 e. The third-order valence-electron chi connectivity index (χ3n) is 7.31. The topological polar surface area (TPSA) is 111 Å². The fourth-order valence-electron chi connectivity index (χ4n) is 4.99. The van der Waals surface area contributed by atoms with E-state index in [0.717, 1.165) is 17.8 Å². The molecular formula is C33H30FN3O6S2. The van der Waals surface area contributed by atoms with Gasteiger partial charge in [-0.05, 0) is 59.9 Å². The summed E-state index contributed by atoms with van der Waals surface area (Å²) in [5, 5.41) is 20.2. The van der Waals surface area contributed by atoms with Gasteiger partial charge >= 0.3 is 5.91 Å². The fraction of sp³-hybridized carbons (Fsp3) is 0.273. The second kappa shape index (κ2) is 13.3. The van der Waals surface area contributed by atoms with E-state index in [2.05, 4.69) is 24.0 Å². The summed E-state index contributed by atoms with van der Waals surface area (Å²) in [6.07, 6.45) is 0.852. The van der Waals surface area contributed by atoms with Crippen molar-refractivity contribution in [3.8, 4) is 17.2 Å². The summed E-state index contributed by atoms with van der Waals surface area (Å²) in [5.41, 5.74) is 1.25. The maximum atomic E-state index is 14.2. The molecule has 1 N–H and O–H groups in total. The van der Waals surface area contributed by atoms with E-state index in [4.69, 9.17) is 14.2 Å². The van der Waals surface area contributed by atoms with Gasteiger partial charge in [-0.25, -0.2) is 4.39 Å². The fourth-order valence-corrected chi connectivity index (χ4v) is 6.85. The second-order valence-corrected chi connectivity index (χ2v) is 13.0. The number of aliphatic hydroxyl groups excluding tert-OH is 1. The first-order chi connectivity index (χ1) is 21.8. The van der Waals surface area contributed by atoms with E-state index in [1.807, 2.05) is 0 Å². The zero-order valence-electron chi connectivity index (χ0n) is 24.6. The van der Waals surface area contributed by atoms with Crippen LogP contribution in [0, 0.1) is 11.7 Å². The van der Waals surface area contributed by atoms with Crippen molar-refractivity contribution in [2.75, 3.05) is 24.7 Å². The summed E-state index contributed by atoms with van der Waals surface area (Å²) in [6, 6.07) is 17.4. The molecule has 45 heavy (non-hydrogen) atoms. The van der Waals surface area contributed by atoms with Crippen molar-refractivity contribution < 1.29 is 33.3 Å². The van der Waals surface area contributed by atoms with E-state index in [1.165, 1.54) is 22.7 Å². The molecule has 2 aliphatic rings. The molecule has 0 radical (unpaired) electrons. The maximum Gasteiger partial charge on any atom is 0.301 e. The number of fused-ring (bicyclic) bond motifs is 1. The average molecular weight is 648 g/mol. The van der Waals surface area contributed by atoms with E-state index < -0.39 is 17.7 Å². The Balaban J connectivity index is 1.38. The molecule has 0 saturated carbocycles. The van der Waals surface area contributed by atoms with Crippen LogP contribution >= 0.6 is 23.1 Å². The lowest BCUT2D eigenvalue weighted by Gasteiger charge is -2.23. The molecule has 1 saturated heterocycles. The van der Waals surface area contributed by atoms with Gasteiger partial charge in [0.1, 0.15) is 30.5 Å². The Morgan fingerprint density at radius 3 is 2.67 bits per heavy atom. The minimum atomic E-state index is -1.02. The van der Waals surface area contributed by atoms with Crippen LogP contribution in [-0.2, 0) is 15.3 Å². The first kappa shape index (κ1) is 30.6. The van der Waals surface area contributed by atoms with Gasteiger partial charge in [-0.1, -0.05) is 67.3 Å². The predicted molar refractivity (Wildman–Crippen MR) is 169 cm³/mol. The van der Waals surface area contributed by atoms with Gasteiger partial charge in [-0.3, -0.25) is 14.5 Å². The van der Waals surface area contributed by atoms with Crippen LogP contribution < -0.4 is 19.1 Å².